The van der Waals surface area contributed by atoms with Gasteiger partial charge in [-0.05, 0) is 33.1 Å². The molecule has 0 spiro atoms. The van der Waals surface area contributed by atoms with Gasteiger partial charge >= 0.3 is 0 Å². The van der Waals surface area contributed by atoms with Crippen molar-refractivity contribution in [1.29, 1.82) is 0 Å². The molecule has 3 N–H and O–H groups in total. The molecule has 0 radical (unpaired) electrons. The normalized spacial score (nSPS) is 19.8. The van der Waals surface area contributed by atoms with E-state index in [-0.39, 0.29) is 6.10 Å². The molecule has 0 aromatic carbocycles. The molecule has 0 aromatic rings. The summed E-state index contributed by atoms with van der Waals surface area (Å²) in [5, 5.41) is 22.5. The van der Waals surface area contributed by atoms with Gasteiger partial charge in [-0.25, -0.2) is 0 Å². The fraction of sp³-hybridized carbons (Fsp3) is 1.00. The van der Waals surface area contributed by atoms with Crippen molar-refractivity contribution in [2.45, 2.75) is 50.9 Å². The molecule has 18 heavy (non-hydrogen) atoms. The zero-order valence-corrected chi connectivity index (χ0v) is 11.5. The van der Waals surface area contributed by atoms with E-state index < -0.39 is 11.7 Å². The number of hydrogen-bond donors (Lipinski definition) is 3. The van der Waals surface area contributed by atoms with Gasteiger partial charge in [0.05, 0.1) is 37.6 Å². The highest BCUT2D eigenvalue weighted by molar-refractivity contribution is 4.89. The van der Waals surface area contributed by atoms with Crippen LogP contribution in [0.15, 0.2) is 0 Å². The Hall–Kier alpha value is -0.200. The first-order valence-electron chi connectivity index (χ1n) is 6.82. The fourth-order valence-corrected chi connectivity index (χ4v) is 1.85. The molecule has 1 rings (SSSR count). The lowest BCUT2D eigenvalue weighted by Crippen LogP contribution is -2.48. The summed E-state index contributed by atoms with van der Waals surface area (Å²) in [6.07, 6.45) is 2.49. The summed E-state index contributed by atoms with van der Waals surface area (Å²) < 4.78 is 10.6. The zero-order valence-electron chi connectivity index (χ0n) is 11.5. The SMILES string of the molecule is CC(C)OCCOCC(O)CNCC1(O)CCC1. The van der Waals surface area contributed by atoms with E-state index in [1.807, 2.05) is 13.8 Å². The van der Waals surface area contributed by atoms with Crippen molar-refractivity contribution in [3.63, 3.8) is 0 Å². The first-order valence-corrected chi connectivity index (χ1v) is 6.82. The van der Waals surface area contributed by atoms with Gasteiger partial charge in [0.1, 0.15) is 0 Å². The van der Waals surface area contributed by atoms with Gasteiger partial charge in [0.2, 0.25) is 0 Å². The number of aliphatic hydroxyl groups is 2. The first kappa shape index (κ1) is 15.9. The first-order chi connectivity index (χ1) is 8.52. The molecule has 1 unspecified atom stereocenters. The Bertz CT molecular complexity index is 219. The highest BCUT2D eigenvalue weighted by atomic mass is 16.5. The van der Waals surface area contributed by atoms with E-state index in [9.17, 15) is 10.2 Å². The maximum Gasteiger partial charge on any atom is 0.0897 e. The lowest BCUT2D eigenvalue weighted by atomic mass is 9.80. The van der Waals surface area contributed by atoms with Crippen molar-refractivity contribution in [1.82, 2.24) is 5.32 Å². The van der Waals surface area contributed by atoms with Gasteiger partial charge in [-0.2, -0.15) is 0 Å². The number of aliphatic hydroxyl groups excluding tert-OH is 1. The Labute approximate surface area is 109 Å². The Morgan fingerprint density at radius 2 is 2.00 bits per heavy atom. The van der Waals surface area contributed by atoms with Crippen LogP contribution < -0.4 is 5.32 Å². The summed E-state index contributed by atoms with van der Waals surface area (Å²) in [6, 6.07) is 0. The van der Waals surface area contributed by atoms with Crippen LogP contribution in [0.5, 0.6) is 0 Å². The summed E-state index contributed by atoms with van der Waals surface area (Å²) in [4.78, 5) is 0. The lowest BCUT2D eigenvalue weighted by Gasteiger charge is -2.36. The molecule has 0 heterocycles. The lowest BCUT2D eigenvalue weighted by molar-refractivity contribution is -0.0369. The van der Waals surface area contributed by atoms with Crippen molar-refractivity contribution >= 4 is 0 Å². The molecular weight excluding hydrogens is 234 g/mol. The molecule has 0 aromatic heterocycles. The number of nitrogens with one attached hydrogen (secondary N) is 1. The molecule has 1 aliphatic carbocycles. The number of hydrogen-bond acceptors (Lipinski definition) is 5. The second-order valence-electron chi connectivity index (χ2n) is 5.36. The highest BCUT2D eigenvalue weighted by Crippen LogP contribution is 2.30. The van der Waals surface area contributed by atoms with E-state index in [1.165, 1.54) is 0 Å². The predicted molar refractivity (Wildman–Crippen MR) is 69.6 cm³/mol. The van der Waals surface area contributed by atoms with E-state index >= 15 is 0 Å². The fourth-order valence-electron chi connectivity index (χ4n) is 1.85. The third-order valence-electron chi connectivity index (χ3n) is 3.11. The predicted octanol–water partition coefficient (Wildman–Crippen LogP) is 0.294. The average molecular weight is 261 g/mol. The quantitative estimate of drug-likeness (QED) is 0.493. The minimum atomic E-state index is -0.536. The van der Waals surface area contributed by atoms with Crippen LogP contribution in [-0.2, 0) is 9.47 Å². The van der Waals surface area contributed by atoms with Crippen molar-refractivity contribution in [2.75, 3.05) is 32.9 Å². The van der Waals surface area contributed by atoms with Gasteiger partial charge in [0.25, 0.3) is 0 Å². The minimum absolute atomic E-state index is 0.211. The maximum atomic E-state index is 9.83. The van der Waals surface area contributed by atoms with Crippen LogP contribution in [0.2, 0.25) is 0 Å². The van der Waals surface area contributed by atoms with Crippen LogP contribution in [0.4, 0.5) is 0 Å². The van der Waals surface area contributed by atoms with Gasteiger partial charge in [0, 0.05) is 13.1 Å². The molecule has 5 heteroatoms. The van der Waals surface area contributed by atoms with Crippen LogP contribution in [0.3, 0.4) is 0 Å². The Morgan fingerprint density at radius 3 is 2.56 bits per heavy atom. The molecule has 1 fully saturated rings. The van der Waals surface area contributed by atoms with E-state index in [0.717, 1.165) is 19.3 Å². The number of ether oxygens (including phenoxy) is 2. The van der Waals surface area contributed by atoms with Crippen LogP contribution in [0, 0.1) is 0 Å². The van der Waals surface area contributed by atoms with Crippen LogP contribution in [0.1, 0.15) is 33.1 Å². The van der Waals surface area contributed by atoms with Crippen LogP contribution in [-0.4, -0.2) is 60.9 Å². The van der Waals surface area contributed by atoms with E-state index in [1.54, 1.807) is 0 Å². The summed E-state index contributed by atoms with van der Waals surface area (Å²) in [6.45, 7) is 6.31. The monoisotopic (exact) mass is 261 g/mol. The van der Waals surface area contributed by atoms with E-state index in [2.05, 4.69) is 5.32 Å². The third-order valence-corrected chi connectivity index (χ3v) is 3.11. The molecule has 5 nitrogen and oxygen atoms in total. The van der Waals surface area contributed by atoms with Gasteiger partial charge < -0.3 is 25.0 Å². The van der Waals surface area contributed by atoms with Crippen molar-refractivity contribution in [2.24, 2.45) is 0 Å². The standard InChI is InChI=1S/C13H27NO4/c1-11(2)18-7-6-17-9-12(15)8-14-10-13(16)4-3-5-13/h11-12,14-16H,3-10H2,1-2H3. The van der Waals surface area contributed by atoms with Gasteiger partial charge in [-0.3, -0.25) is 0 Å². The van der Waals surface area contributed by atoms with E-state index in [4.69, 9.17) is 9.47 Å². The minimum Gasteiger partial charge on any atom is -0.389 e. The molecule has 108 valence electrons. The van der Waals surface area contributed by atoms with Crippen molar-refractivity contribution in [3.8, 4) is 0 Å². The summed E-state index contributed by atoms with van der Waals surface area (Å²) in [7, 11) is 0. The van der Waals surface area contributed by atoms with Crippen molar-refractivity contribution in [3.05, 3.63) is 0 Å². The second-order valence-corrected chi connectivity index (χ2v) is 5.36. The number of rotatable bonds is 10. The van der Waals surface area contributed by atoms with Gasteiger partial charge in [-0.15, -0.1) is 0 Å². The summed E-state index contributed by atoms with van der Waals surface area (Å²) in [5.74, 6) is 0. The van der Waals surface area contributed by atoms with Gasteiger partial charge in [-0.1, -0.05) is 0 Å². The molecule has 1 atom stereocenters. The molecule has 1 aliphatic rings. The topological polar surface area (TPSA) is 71.0 Å². The molecular formula is C13H27NO4. The zero-order chi connectivity index (χ0) is 13.4. The summed E-state index contributed by atoms with van der Waals surface area (Å²) in [5.41, 5.74) is -0.536. The van der Waals surface area contributed by atoms with Crippen LogP contribution >= 0.6 is 0 Å². The largest absolute Gasteiger partial charge is 0.389 e. The molecule has 0 amide bonds. The molecule has 0 saturated heterocycles. The maximum absolute atomic E-state index is 9.83. The molecule has 0 aliphatic heterocycles. The Morgan fingerprint density at radius 1 is 1.28 bits per heavy atom. The summed E-state index contributed by atoms with van der Waals surface area (Å²) >= 11 is 0. The highest BCUT2D eigenvalue weighted by Gasteiger charge is 2.33. The molecule has 1 saturated carbocycles. The van der Waals surface area contributed by atoms with Crippen molar-refractivity contribution < 1.29 is 19.7 Å². The van der Waals surface area contributed by atoms with Gasteiger partial charge in [0.15, 0.2) is 0 Å². The van der Waals surface area contributed by atoms with Crippen LogP contribution in [0.25, 0.3) is 0 Å². The molecule has 0 bridgehead atoms. The Balaban J connectivity index is 1.89. The second kappa shape index (κ2) is 8.07. The smallest absolute Gasteiger partial charge is 0.0897 e. The third kappa shape index (κ3) is 6.66. The Kier molecular flexibility index (Phi) is 7.11. The average Bonchev–Trinajstić information content (AvgIpc) is 2.26. The van der Waals surface area contributed by atoms with E-state index in [0.29, 0.717) is 32.9 Å².